The van der Waals surface area contributed by atoms with Crippen molar-refractivity contribution in [3.05, 3.63) is 48.0 Å². The van der Waals surface area contributed by atoms with E-state index in [-0.39, 0.29) is 17.2 Å². The predicted octanol–water partition coefficient (Wildman–Crippen LogP) is 3.48. The number of nitrogens with zero attached hydrogens (tertiary/aromatic N) is 1. The molecule has 1 atom stereocenters. The van der Waals surface area contributed by atoms with Gasteiger partial charge in [0, 0.05) is 16.7 Å². The zero-order chi connectivity index (χ0) is 19.4. The highest BCUT2D eigenvalue weighted by molar-refractivity contribution is 8.00. The van der Waals surface area contributed by atoms with E-state index < -0.39 is 12.6 Å². The van der Waals surface area contributed by atoms with E-state index in [4.69, 9.17) is 9.47 Å². The summed E-state index contributed by atoms with van der Waals surface area (Å²) >= 11 is 1.73. The molecule has 0 bridgehead atoms. The van der Waals surface area contributed by atoms with E-state index in [0.717, 1.165) is 17.0 Å². The van der Waals surface area contributed by atoms with E-state index >= 15 is 0 Å². The molecule has 0 saturated carbocycles. The Morgan fingerprint density at radius 2 is 2.04 bits per heavy atom. The molecule has 2 aromatic carbocycles. The Hall–Kier alpha value is -2.67. The molecule has 3 rings (SSSR count). The number of benzene rings is 2. The van der Waals surface area contributed by atoms with Crippen LogP contribution in [0.25, 0.3) is 0 Å². The maximum Gasteiger partial charge on any atom is 0.342 e. The Balaban J connectivity index is 1.72. The van der Waals surface area contributed by atoms with Crippen LogP contribution in [-0.4, -0.2) is 42.5 Å². The minimum Gasteiger partial charge on any atom is -0.507 e. The number of ether oxygens (including phenoxy) is 2. The van der Waals surface area contributed by atoms with E-state index in [0.29, 0.717) is 17.5 Å². The highest BCUT2D eigenvalue weighted by atomic mass is 32.2. The molecule has 0 aromatic heterocycles. The second-order valence-electron chi connectivity index (χ2n) is 6.19. The molecule has 6 nitrogen and oxygen atoms in total. The van der Waals surface area contributed by atoms with E-state index in [1.165, 1.54) is 25.3 Å². The molecule has 0 saturated heterocycles. The molecule has 1 N–H and O–H groups in total. The monoisotopic (exact) mass is 387 g/mol. The number of fused-ring (bicyclic) bond motifs is 1. The van der Waals surface area contributed by atoms with Gasteiger partial charge in [0.25, 0.3) is 5.91 Å². The summed E-state index contributed by atoms with van der Waals surface area (Å²) < 4.78 is 10.2. The molecule has 7 heteroatoms. The van der Waals surface area contributed by atoms with Gasteiger partial charge in [0.05, 0.1) is 12.8 Å². The Morgan fingerprint density at radius 3 is 2.81 bits per heavy atom. The Morgan fingerprint density at radius 1 is 1.26 bits per heavy atom. The van der Waals surface area contributed by atoms with Gasteiger partial charge in [-0.3, -0.25) is 4.79 Å². The summed E-state index contributed by atoms with van der Waals surface area (Å²) in [6.45, 7) is 2.29. The van der Waals surface area contributed by atoms with Gasteiger partial charge in [0.1, 0.15) is 17.1 Å². The first-order chi connectivity index (χ1) is 13.0. The number of methoxy groups -OCH3 is 1. The molecular formula is C20H21NO5S. The van der Waals surface area contributed by atoms with Crippen molar-refractivity contribution in [3.8, 4) is 11.5 Å². The first kappa shape index (κ1) is 19.1. The first-order valence-corrected chi connectivity index (χ1v) is 9.47. The summed E-state index contributed by atoms with van der Waals surface area (Å²) in [5, 5.41) is 10.2. The number of esters is 1. The number of phenols is 1. The largest absolute Gasteiger partial charge is 0.507 e. The normalized spacial score (nSPS) is 16.2. The number of rotatable bonds is 4. The van der Waals surface area contributed by atoms with Gasteiger partial charge in [0.2, 0.25) is 0 Å². The molecule has 0 aliphatic carbocycles. The minimum atomic E-state index is -0.773. The number of amides is 1. The van der Waals surface area contributed by atoms with Gasteiger partial charge in [-0.05, 0) is 36.8 Å². The SMILES string of the molecule is COc1ccc(O)c(C(=O)OCC(=O)N2CC[C@@H](C)Sc3ccccc32)c1. The lowest BCUT2D eigenvalue weighted by Gasteiger charge is -2.22. The average molecular weight is 387 g/mol. The number of anilines is 1. The van der Waals surface area contributed by atoms with Crippen LogP contribution in [0.3, 0.4) is 0 Å². The zero-order valence-corrected chi connectivity index (χ0v) is 16.0. The summed E-state index contributed by atoms with van der Waals surface area (Å²) in [7, 11) is 1.46. The highest BCUT2D eigenvalue weighted by Gasteiger charge is 2.25. The summed E-state index contributed by atoms with van der Waals surface area (Å²) in [4.78, 5) is 27.7. The van der Waals surface area contributed by atoms with Crippen molar-refractivity contribution in [2.24, 2.45) is 0 Å². The van der Waals surface area contributed by atoms with E-state index in [1.807, 2.05) is 24.3 Å². The lowest BCUT2D eigenvalue weighted by molar-refractivity contribution is -0.121. The second kappa shape index (κ2) is 8.35. The molecule has 2 aromatic rings. The Kier molecular flexibility index (Phi) is 5.91. The van der Waals surface area contributed by atoms with E-state index in [9.17, 15) is 14.7 Å². The molecule has 1 aliphatic rings. The van der Waals surface area contributed by atoms with Crippen molar-refractivity contribution in [2.75, 3.05) is 25.2 Å². The van der Waals surface area contributed by atoms with Gasteiger partial charge in [0.15, 0.2) is 6.61 Å². The van der Waals surface area contributed by atoms with Gasteiger partial charge in [-0.25, -0.2) is 4.79 Å². The predicted molar refractivity (Wildman–Crippen MR) is 104 cm³/mol. The van der Waals surface area contributed by atoms with Crippen LogP contribution in [0.2, 0.25) is 0 Å². The van der Waals surface area contributed by atoms with Crippen molar-refractivity contribution in [1.82, 2.24) is 0 Å². The van der Waals surface area contributed by atoms with Crippen LogP contribution in [-0.2, 0) is 9.53 Å². The molecule has 142 valence electrons. The number of para-hydroxylation sites is 1. The van der Waals surface area contributed by atoms with Gasteiger partial charge in [-0.2, -0.15) is 0 Å². The van der Waals surface area contributed by atoms with Crippen molar-refractivity contribution >= 4 is 29.3 Å². The summed E-state index contributed by atoms with van der Waals surface area (Å²) in [6.07, 6.45) is 0.843. The summed E-state index contributed by atoms with van der Waals surface area (Å²) in [6, 6.07) is 12.0. The fourth-order valence-electron chi connectivity index (χ4n) is 2.83. The third kappa shape index (κ3) is 4.36. The number of hydrogen-bond acceptors (Lipinski definition) is 6. The Labute approximate surface area is 162 Å². The van der Waals surface area contributed by atoms with Crippen molar-refractivity contribution < 1.29 is 24.2 Å². The number of hydrogen-bond donors (Lipinski definition) is 1. The molecule has 0 fully saturated rings. The molecule has 1 amide bonds. The molecule has 1 aliphatic heterocycles. The van der Waals surface area contributed by atoms with Crippen LogP contribution in [0.4, 0.5) is 5.69 Å². The third-order valence-corrected chi connectivity index (χ3v) is 5.53. The van der Waals surface area contributed by atoms with Crippen LogP contribution >= 0.6 is 11.8 Å². The van der Waals surface area contributed by atoms with Gasteiger partial charge >= 0.3 is 5.97 Å². The van der Waals surface area contributed by atoms with Crippen LogP contribution in [0.5, 0.6) is 11.5 Å². The topological polar surface area (TPSA) is 76.1 Å². The molecule has 27 heavy (non-hydrogen) atoms. The van der Waals surface area contributed by atoms with Gasteiger partial charge in [-0.15, -0.1) is 11.8 Å². The minimum absolute atomic E-state index is 0.0393. The van der Waals surface area contributed by atoms with E-state index in [1.54, 1.807) is 16.7 Å². The number of carbonyl (C=O) groups is 2. The van der Waals surface area contributed by atoms with Crippen molar-refractivity contribution in [1.29, 1.82) is 0 Å². The van der Waals surface area contributed by atoms with Gasteiger partial charge in [-0.1, -0.05) is 19.1 Å². The number of carbonyl (C=O) groups excluding carboxylic acids is 2. The van der Waals surface area contributed by atoms with Crippen LogP contribution in [0, 0.1) is 0 Å². The standard InChI is InChI=1S/C20H21NO5S/c1-13-9-10-21(16-5-3-4-6-18(16)27-13)19(23)12-26-20(24)15-11-14(25-2)7-8-17(15)22/h3-8,11,13,22H,9-10,12H2,1-2H3/t13-/m1/s1. The van der Waals surface area contributed by atoms with Gasteiger partial charge < -0.3 is 19.5 Å². The first-order valence-electron chi connectivity index (χ1n) is 8.59. The number of thioether (sulfide) groups is 1. The van der Waals surface area contributed by atoms with Crippen molar-refractivity contribution in [3.63, 3.8) is 0 Å². The zero-order valence-electron chi connectivity index (χ0n) is 15.2. The molecule has 0 radical (unpaired) electrons. The fraction of sp³-hybridized carbons (Fsp3) is 0.300. The molecule has 1 heterocycles. The molecule has 0 spiro atoms. The number of phenolic OH excluding ortho intramolecular Hbond substituents is 1. The third-order valence-electron chi connectivity index (χ3n) is 4.29. The smallest absolute Gasteiger partial charge is 0.342 e. The second-order valence-corrected chi connectivity index (χ2v) is 7.67. The quantitative estimate of drug-likeness (QED) is 0.810. The number of aromatic hydroxyl groups is 1. The maximum absolute atomic E-state index is 12.7. The average Bonchev–Trinajstić information content (AvgIpc) is 2.84. The Bertz CT molecular complexity index is 854. The van der Waals surface area contributed by atoms with Crippen LogP contribution < -0.4 is 9.64 Å². The molecular weight excluding hydrogens is 366 g/mol. The van der Waals surface area contributed by atoms with Crippen LogP contribution in [0.15, 0.2) is 47.4 Å². The maximum atomic E-state index is 12.7. The summed E-state index contributed by atoms with van der Waals surface area (Å²) in [5.41, 5.74) is 0.791. The van der Waals surface area contributed by atoms with Crippen LogP contribution in [0.1, 0.15) is 23.7 Å². The summed E-state index contributed by atoms with van der Waals surface area (Å²) in [5.74, 6) is -0.879. The van der Waals surface area contributed by atoms with E-state index in [2.05, 4.69) is 6.92 Å². The fourth-order valence-corrected chi connectivity index (χ4v) is 3.95. The lowest BCUT2D eigenvalue weighted by atomic mass is 10.2. The lowest BCUT2D eigenvalue weighted by Crippen LogP contribution is -2.35. The highest BCUT2D eigenvalue weighted by Crippen LogP contribution is 2.37. The molecule has 0 unspecified atom stereocenters. The van der Waals surface area contributed by atoms with Crippen molar-refractivity contribution in [2.45, 2.75) is 23.5 Å².